The number of piperidine rings is 1. The Morgan fingerprint density at radius 1 is 1.25 bits per heavy atom. The summed E-state index contributed by atoms with van der Waals surface area (Å²) in [6.07, 6.45) is 2.77. The van der Waals surface area contributed by atoms with Crippen LogP contribution in [0.1, 0.15) is 31.2 Å². The summed E-state index contributed by atoms with van der Waals surface area (Å²) >= 11 is 5.48. The molecule has 1 saturated heterocycles. The van der Waals surface area contributed by atoms with Gasteiger partial charge in [-0.1, -0.05) is 17.7 Å². The van der Waals surface area contributed by atoms with Gasteiger partial charge < -0.3 is 15.0 Å². The molecule has 0 aliphatic carbocycles. The van der Waals surface area contributed by atoms with Crippen LogP contribution in [0.15, 0.2) is 24.3 Å². The van der Waals surface area contributed by atoms with Crippen LogP contribution in [0.3, 0.4) is 0 Å². The van der Waals surface area contributed by atoms with Gasteiger partial charge in [-0.25, -0.2) is 0 Å². The molecule has 1 fully saturated rings. The molecule has 0 unspecified atom stereocenters. The summed E-state index contributed by atoms with van der Waals surface area (Å²) in [5.41, 5.74) is 1.20. The van der Waals surface area contributed by atoms with Crippen molar-refractivity contribution in [3.8, 4) is 5.75 Å². The highest BCUT2D eigenvalue weighted by Gasteiger charge is 2.23. The van der Waals surface area contributed by atoms with E-state index in [1.165, 1.54) is 5.56 Å². The summed E-state index contributed by atoms with van der Waals surface area (Å²) < 4.78 is 5.64. The number of hydrogen-bond acceptors (Lipinski definition) is 3. The number of nitrogens with one attached hydrogen (secondary N) is 1. The molecule has 2 rings (SSSR count). The summed E-state index contributed by atoms with van der Waals surface area (Å²) in [4.78, 5) is 25.3. The second-order valence-corrected chi connectivity index (χ2v) is 6.39. The molecular formula is C18H25ClN2O3. The van der Waals surface area contributed by atoms with Crippen LogP contribution in [0.4, 0.5) is 0 Å². The molecule has 1 aromatic rings. The minimum absolute atomic E-state index is 0.0138. The number of likely N-dealkylation sites (tertiary alicyclic amines) is 1. The van der Waals surface area contributed by atoms with Crippen LogP contribution >= 0.6 is 11.6 Å². The molecule has 0 aromatic heterocycles. The number of halogens is 1. The number of hydrogen-bond donors (Lipinski definition) is 1. The summed E-state index contributed by atoms with van der Waals surface area (Å²) in [6, 6.07) is 8.03. The van der Waals surface area contributed by atoms with E-state index in [1.807, 2.05) is 36.1 Å². The quantitative estimate of drug-likeness (QED) is 0.606. The van der Waals surface area contributed by atoms with Crippen molar-refractivity contribution in [3.63, 3.8) is 0 Å². The minimum Gasteiger partial charge on any atom is -0.494 e. The van der Waals surface area contributed by atoms with Gasteiger partial charge in [0.2, 0.25) is 11.8 Å². The molecule has 0 radical (unpaired) electrons. The maximum Gasteiger partial charge on any atom is 0.235 e. The van der Waals surface area contributed by atoms with Crippen molar-refractivity contribution in [2.45, 2.75) is 38.6 Å². The van der Waals surface area contributed by atoms with Gasteiger partial charge in [0, 0.05) is 25.6 Å². The summed E-state index contributed by atoms with van der Waals surface area (Å²) in [5, 5.41) is 2.87. The lowest BCUT2D eigenvalue weighted by Crippen LogP contribution is -2.46. The fourth-order valence-corrected chi connectivity index (χ4v) is 2.82. The molecule has 1 N–H and O–H groups in total. The molecule has 1 heterocycles. The molecule has 24 heavy (non-hydrogen) atoms. The molecule has 0 atom stereocenters. The number of ether oxygens (including phenoxy) is 1. The third-order valence-corrected chi connectivity index (χ3v) is 4.40. The van der Waals surface area contributed by atoms with E-state index in [-0.39, 0.29) is 23.7 Å². The molecule has 132 valence electrons. The summed E-state index contributed by atoms with van der Waals surface area (Å²) in [5.74, 6) is 0.836. The highest BCUT2D eigenvalue weighted by atomic mass is 35.5. The molecule has 2 amide bonds. The minimum atomic E-state index is -0.144. The molecule has 1 aliphatic heterocycles. The Kier molecular flexibility index (Phi) is 7.37. The van der Waals surface area contributed by atoms with Crippen molar-refractivity contribution in [2.75, 3.05) is 25.6 Å². The first-order valence-electron chi connectivity index (χ1n) is 8.41. The number of amides is 2. The molecule has 0 bridgehead atoms. The lowest BCUT2D eigenvalue weighted by Gasteiger charge is -2.32. The van der Waals surface area contributed by atoms with Crippen molar-refractivity contribution in [1.29, 1.82) is 0 Å². The Hall–Kier alpha value is -1.75. The van der Waals surface area contributed by atoms with E-state index in [0.29, 0.717) is 32.5 Å². The van der Waals surface area contributed by atoms with E-state index in [2.05, 4.69) is 5.32 Å². The number of aryl methyl sites for hydroxylation is 1. The largest absolute Gasteiger partial charge is 0.494 e. The Bertz CT molecular complexity index is 540. The van der Waals surface area contributed by atoms with Crippen LogP contribution in [0.2, 0.25) is 0 Å². The third kappa shape index (κ3) is 6.04. The van der Waals surface area contributed by atoms with Crippen molar-refractivity contribution in [2.24, 2.45) is 0 Å². The Morgan fingerprint density at radius 3 is 2.54 bits per heavy atom. The zero-order chi connectivity index (χ0) is 17.4. The number of carbonyl (C=O) groups is 2. The molecule has 5 nitrogen and oxygen atoms in total. The van der Waals surface area contributed by atoms with E-state index in [1.54, 1.807) is 0 Å². The van der Waals surface area contributed by atoms with Gasteiger partial charge in [-0.2, -0.15) is 0 Å². The summed E-state index contributed by atoms with van der Waals surface area (Å²) in [6.45, 7) is 3.94. The van der Waals surface area contributed by atoms with Crippen LogP contribution in [0.25, 0.3) is 0 Å². The molecular weight excluding hydrogens is 328 g/mol. The average Bonchev–Trinajstić information content (AvgIpc) is 2.60. The number of carbonyl (C=O) groups excluding carboxylic acids is 2. The Morgan fingerprint density at radius 2 is 1.92 bits per heavy atom. The Labute approximate surface area is 148 Å². The predicted molar refractivity (Wildman–Crippen MR) is 94.4 cm³/mol. The number of alkyl halides is 1. The Balaban J connectivity index is 1.61. The van der Waals surface area contributed by atoms with Gasteiger partial charge in [-0.15, -0.1) is 11.6 Å². The van der Waals surface area contributed by atoms with Crippen molar-refractivity contribution < 1.29 is 14.3 Å². The maximum atomic E-state index is 12.2. The van der Waals surface area contributed by atoms with E-state index in [4.69, 9.17) is 16.3 Å². The van der Waals surface area contributed by atoms with E-state index < -0.39 is 0 Å². The topological polar surface area (TPSA) is 58.6 Å². The van der Waals surface area contributed by atoms with Gasteiger partial charge >= 0.3 is 0 Å². The lowest BCUT2D eigenvalue weighted by atomic mass is 10.0. The summed E-state index contributed by atoms with van der Waals surface area (Å²) in [7, 11) is 0. The first-order valence-corrected chi connectivity index (χ1v) is 8.94. The van der Waals surface area contributed by atoms with Gasteiger partial charge in [0.15, 0.2) is 0 Å². The monoisotopic (exact) mass is 352 g/mol. The number of rotatable bonds is 7. The van der Waals surface area contributed by atoms with E-state index in [9.17, 15) is 9.59 Å². The average molecular weight is 353 g/mol. The van der Waals surface area contributed by atoms with Gasteiger partial charge in [-0.05, 0) is 38.3 Å². The predicted octanol–water partition coefficient (Wildman–Crippen LogP) is 2.50. The van der Waals surface area contributed by atoms with Gasteiger partial charge in [0.25, 0.3) is 0 Å². The van der Waals surface area contributed by atoms with Gasteiger partial charge in [0.1, 0.15) is 11.6 Å². The first-order chi connectivity index (χ1) is 11.6. The second kappa shape index (κ2) is 9.52. The second-order valence-electron chi connectivity index (χ2n) is 6.12. The zero-order valence-electron chi connectivity index (χ0n) is 14.1. The standard InChI is InChI=1S/C18H25ClN2O3/c1-14-4-6-16(7-5-14)24-12-2-3-18(23)21-10-8-15(9-11-21)20-17(22)13-19/h4-7,15H,2-3,8-13H2,1H3,(H,20,22). The fourth-order valence-electron chi connectivity index (χ4n) is 2.75. The highest BCUT2D eigenvalue weighted by Crippen LogP contribution is 2.14. The molecule has 1 aromatic carbocycles. The first kappa shape index (κ1) is 18.6. The van der Waals surface area contributed by atoms with E-state index in [0.717, 1.165) is 18.6 Å². The maximum absolute atomic E-state index is 12.2. The smallest absolute Gasteiger partial charge is 0.235 e. The third-order valence-electron chi connectivity index (χ3n) is 4.16. The fraction of sp³-hybridized carbons (Fsp3) is 0.556. The van der Waals surface area contributed by atoms with Crippen LogP contribution < -0.4 is 10.1 Å². The zero-order valence-corrected chi connectivity index (χ0v) is 14.8. The van der Waals surface area contributed by atoms with Crippen molar-refractivity contribution in [1.82, 2.24) is 10.2 Å². The molecule has 0 saturated carbocycles. The lowest BCUT2D eigenvalue weighted by molar-refractivity contribution is -0.132. The van der Waals surface area contributed by atoms with Crippen LogP contribution in [0, 0.1) is 6.92 Å². The van der Waals surface area contributed by atoms with Gasteiger partial charge in [0.05, 0.1) is 6.61 Å². The molecule has 1 aliphatic rings. The molecule has 6 heteroatoms. The van der Waals surface area contributed by atoms with Crippen LogP contribution in [-0.2, 0) is 9.59 Å². The van der Waals surface area contributed by atoms with Crippen LogP contribution in [-0.4, -0.2) is 48.3 Å². The SMILES string of the molecule is Cc1ccc(OCCCC(=O)N2CCC(NC(=O)CCl)CC2)cc1. The normalized spacial score (nSPS) is 15.2. The number of benzene rings is 1. The molecule has 0 spiro atoms. The van der Waals surface area contributed by atoms with E-state index >= 15 is 0 Å². The van der Waals surface area contributed by atoms with Crippen molar-refractivity contribution in [3.05, 3.63) is 29.8 Å². The van der Waals surface area contributed by atoms with Gasteiger partial charge in [-0.3, -0.25) is 9.59 Å². The highest BCUT2D eigenvalue weighted by molar-refractivity contribution is 6.27. The van der Waals surface area contributed by atoms with Crippen molar-refractivity contribution >= 4 is 23.4 Å². The van der Waals surface area contributed by atoms with Crippen LogP contribution in [0.5, 0.6) is 5.75 Å². The number of nitrogens with zero attached hydrogens (tertiary/aromatic N) is 1.